The van der Waals surface area contributed by atoms with Gasteiger partial charge in [0.05, 0.1) is 0 Å². The molecule has 3 heteroatoms. The van der Waals surface area contributed by atoms with Crippen LogP contribution in [0.4, 0.5) is 0 Å². The molecule has 12 heavy (non-hydrogen) atoms. The van der Waals surface area contributed by atoms with Crippen LogP contribution in [0.5, 0.6) is 0 Å². The molecule has 0 spiro atoms. The summed E-state index contributed by atoms with van der Waals surface area (Å²) >= 11 is 0. The number of nitrogens with zero attached hydrogens (tertiary/aromatic N) is 2. The lowest BCUT2D eigenvalue weighted by Gasteiger charge is -2.07. The quantitative estimate of drug-likeness (QED) is 0.653. The lowest BCUT2D eigenvalue weighted by atomic mass is 10.3. The highest BCUT2D eigenvalue weighted by atomic mass is 15.1. The fourth-order valence-electron chi connectivity index (χ4n) is 1.17. The zero-order valence-corrected chi connectivity index (χ0v) is 7.46. The molecule has 1 N–H and O–H groups in total. The number of aromatic nitrogens is 2. The maximum Gasteiger partial charge on any atom is 0.222 e. The molecule has 0 unspecified atom stereocenters. The predicted octanol–water partition coefficient (Wildman–Crippen LogP) is 1.17. The molecule has 0 amide bonds. The lowest BCUT2D eigenvalue weighted by molar-refractivity contribution is 0.676. The first kappa shape index (κ1) is 8.71. The Kier molecular flexibility index (Phi) is 2.43. The highest BCUT2D eigenvalue weighted by molar-refractivity contribution is 5.06. The molecule has 1 aromatic rings. The Hall–Kier alpha value is -1.38. The van der Waals surface area contributed by atoms with E-state index in [1.165, 1.54) is 0 Å². The topological polar surface area (TPSA) is 41.7 Å². The van der Waals surface area contributed by atoms with E-state index in [0.717, 1.165) is 11.4 Å². The summed E-state index contributed by atoms with van der Waals surface area (Å²) in [5.74, 6) is 0. The van der Waals surface area contributed by atoms with E-state index >= 15 is 0 Å². The van der Waals surface area contributed by atoms with Crippen molar-refractivity contribution < 1.29 is 0 Å². The highest BCUT2D eigenvalue weighted by Crippen LogP contribution is 1.95. The van der Waals surface area contributed by atoms with E-state index in [-0.39, 0.29) is 0 Å². The van der Waals surface area contributed by atoms with Gasteiger partial charge in [0.2, 0.25) is 5.62 Å². The molecule has 1 heterocycles. The zero-order valence-electron chi connectivity index (χ0n) is 7.46. The molecule has 0 aliphatic heterocycles. The van der Waals surface area contributed by atoms with Crippen LogP contribution in [0, 0.1) is 19.3 Å². The van der Waals surface area contributed by atoms with Gasteiger partial charge in [-0.3, -0.25) is 5.41 Å². The molecule has 0 bridgehead atoms. The van der Waals surface area contributed by atoms with Gasteiger partial charge in [-0.15, -0.1) is 6.58 Å². The smallest absolute Gasteiger partial charge is 0.222 e. The molecular weight excluding hydrogens is 150 g/mol. The maximum atomic E-state index is 7.56. The van der Waals surface area contributed by atoms with Crippen molar-refractivity contribution in [3.63, 3.8) is 0 Å². The third-order valence-corrected chi connectivity index (χ3v) is 1.69. The Morgan fingerprint density at radius 3 is 2.83 bits per heavy atom. The van der Waals surface area contributed by atoms with E-state index in [1.807, 2.05) is 19.9 Å². The van der Waals surface area contributed by atoms with Crippen molar-refractivity contribution in [2.24, 2.45) is 0 Å². The number of hydrogen-bond acceptors (Lipinski definition) is 2. The Bertz CT molecular complexity index is 349. The minimum Gasteiger partial charge on any atom is -0.311 e. The van der Waals surface area contributed by atoms with Crippen molar-refractivity contribution >= 4 is 0 Å². The summed E-state index contributed by atoms with van der Waals surface area (Å²) in [5, 5.41) is 7.56. The van der Waals surface area contributed by atoms with Crippen LogP contribution >= 0.6 is 0 Å². The van der Waals surface area contributed by atoms with Crippen LogP contribution < -0.4 is 5.62 Å². The van der Waals surface area contributed by atoms with Crippen LogP contribution in [-0.4, -0.2) is 9.55 Å². The normalized spacial score (nSPS) is 9.83. The van der Waals surface area contributed by atoms with Gasteiger partial charge >= 0.3 is 0 Å². The van der Waals surface area contributed by atoms with Crippen LogP contribution in [-0.2, 0) is 6.54 Å². The second-order valence-corrected chi connectivity index (χ2v) is 2.76. The van der Waals surface area contributed by atoms with Gasteiger partial charge in [0.1, 0.15) is 0 Å². The van der Waals surface area contributed by atoms with Crippen molar-refractivity contribution in [1.82, 2.24) is 9.55 Å². The minimum absolute atomic E-state index is 0.299. The van der Waals surface area contributed by atoms with E-state index < -0.39 is 0 Å². The molecule has 0 saturated carbocycles. The highest BCUT2D eigenvalue weighted by Gasteiger charge is 1.96. The zero-order chi connectivity index (χ0) is 9.14. The fourth-order valence-corrected chi connectivity index (χ4v) is 1.17. The Morgan fingerprint density at radius 1 is 1.67 bits per heavy atom. The van der Waals surface area contributed by atoms with Crippen LogP contribution in [0.15, 0.2) is 18.7 Å². The summed E-state index contributed by atoms with van der Waals surface area (Å²) in [4.78, 5) is 4.03. The minimum atomic E-state index is 0.299. The Morgan fingerprint density at radius 2 is 2.33 bits per heavy atom. The van der Waals surface area contributed by atoms with Gasteiger partial charge in [-0.05, 0) is 19.9 Å². The Balaban J connectivity index is 3.28. The van der Waals surface area contributed by atoms with Gasteiger partial charge in [0, 0.05) is 17.9 Å². The van der Waals surface area contributed by atoms with E-state index in [2.05, 4.69) is 11.6 Å². The predicted molar refractivity (Wildman–Crippen MR) is 47.8 cm³/mol. The van der Waals surface area contributed by atoms with Crippen molar-refractivity contribution in [3.8, 4) is 0 Å². The second kappa shape index (κ2) is 3.34. The van der Waals surface area contributed by atoms with Crippen molar-refractivity contribution in [2.45, 2.75) is 20.4 Å². The summed E-state index contributed by atoms with van der Waals surface area (Å²) in [5.41, 5.74) is 2.23. The average molecular weight is 163 g/mol. The van der Waals surface area contributed by atoms with Gasteiger partial charge in [0.15, 0.2) is 0 Å². The molecule has 0 fully saturated rings. The molecule has 1 rings (SSSR count). The van der Waals surface area contributed by atoms with Gasteiger partial charge < -0.3 is 4.57 Å². The molecule has 3 nitrogen and oxygen atoms in total. The SMILES string of the molecule is C=CCn1c(C)cc(C)nc1=N. The number of rotatable bonds is 2. The average Bonchev–Trinajstić information content (AvgIpc) is 1.96. The first-order chi connectivity index (χ1) is 5.65. The third kappa shape index (κ3) is 1.61. The van der Waals surface area contributed by atoms with Crippen molar-refractivity contribution in [3.05, 3.63) is 35.7 Å². The van der Waals surface area contributed by atoms with E-state index in [9.17, 15) is 0 Å². The maximum absolute atomic E-state index is 7.56. The number of aryl methyl sites for hydroxylation is 2. The first-order valence-corrected chi connectivity index (χ1v) is 3.85. The molecule has 1 aromatic heterocycles. The Labute approximate surface area is 71.9 Å². The molecule has 0 aliphatic carbocycles. The molecule has 0 aliphatic rings. The van der Waals surface area contributed by atoms with Crippen LogP contribution in [0.3, 0.4) is 0 Å². The molecule has 0 aromatic carbocycles. The second-order valence-electron chi connectivity index (χ2n) is 2.76. The van der Waals surface area contributed by atoms with Crippen molar-refractivity contribution in [1.29, 1.82) is 5.41 Å². The summed E-state index contributed by atoms with van der Waals surface area (Å²) in [6.45, 7) is 8.14. The largest absolute Gasteiger partial charge is 0.311 e. The van der Waals surface area contributed by atoms with Gasteiger partial charge in [0.25, 0.3) is 0 Å². The van der Waals surface area contributed by atoms with Crippen LogP contribution in [0.2, 0.25) is 0 Å². The monoisotopic (exact) mass is 163 g/mol. The van der Waals surface area contributed by atoms with Gasteiger partial charge in [-0.25, -0.2) is 4.98 Å². The molecule has 0 atom stereocenters. The third-order valence-electron chi connectivity index (χ3n) is 1.69. The number of allylic oxidation sites excluding steroid dienone is 1. The summed E-state index contributed by atoms with van der Waals surface area (Å²) in [7, 11) is 0. The van der Waals surface area contributed by atoms with Gasteiger partial charge in [-0.1, -0.05) is 6.08 Å². The van der Waals surface area contributed by atoms with E-state index in [1.54, 1.807) is 10.6 Å². The van der Waals surface area contributed by atoms with Crippen LogP contribution in [0.25, 0.3) is 0 Å². The van der Waals surface area contributed by atoms with E-state index in [0.29, 0.717) is 12.2 Å². The molecular formula is C9H13N3. The molecule has 0 saturated heterocycles. The van der Waals surface area contributed by atoms with Gasteiger partial charge in [-0.2, -0.15) is 0 Å². The summed E-state index contributed by atoms with van der Waals surface area (Å²) in [6.07, 6.45) is 1.77. The lowest BCUT2D eigenvalue weighted by Crippen LogP contribution is -2.25. The summed E-state index contributed by atoms with van der Waals surface area (Å²) in [6, 6.07) is 1.96. The first-order valence-electron chi connectivity index (χ1n) is 3.85. The standard InChI is InChI=1S/C9H13N3/c1-4-5-12-8(3)6-7(2)11-9(12)10/h4,6,10H,1,5H2,2-3H3. The van der Waals surface area contributed by atoms with Crippen molar-refractivity contribution in [2.75, 3.05) is 0 Å². The van der Waals surface area contributed by atoms with E-state index in [4.69, 9.17) is 5.41 Å². The number of nitrogens with one attached hydrogen (secondary N) is 1. The number of hydrogen-bond donors (Lipinski definition) is 1. The van der Waals surface area contributed by atoms with Crippen LogP contribution in [0.1, 0.15) is 11.4 Å². The summed E-state index contributed by atoms with van der Waals surface area (Å²) < 4.78 is 1.81. The molecule has 64 valence electrons. The molecule has 0 radical (unpaired) electrons. The fraction of sp³-hybridized carbons (Fsp3) is 0.333.